The van der Waals surface area contributed by atoms with Crippen molar-refractivity contribution >= 4 is 34.2 Å². The second-order valence-electron chi connectivity index (χ2n) is 8.38. The van der Waals surface area contributed by atoms with Crippen LogP contribution in [0.5, 0.6) is 5.75 Å². The summed E-state index contributed by atoms with van der Waals surface area (Å²) in [6, 6.07) is 13.0. The average Bonchev–Trinajstić information content (AvgIpc) is 3.29. The van der Waals surface area contributed by atoms with Crippen molar-refractivity contribution in [2.75, 3.05) is 11.9 Å². The van der Waals surface area contributed by atoms with Crippen molar-refractivity contribution in [1.82, 2.24) is 20.3 Å². The molecule has 0 atom stereocenters. The van der Waals surface area contributed by atoms with E-state index in [1.807, 2.05) is 30.3 Å². The van der Waals surface area contributed by atoms with Gasteiger partial charge in [0.2, 0.25) is 0 Å². The lowest BCUT2D eigenvalue weighted by atomic mass is 10.0. The molecule has 0 saturated heterocycles. The van der Waals surface area contributed by atoms with E-state index < -0.39 is 0 Å². The molecule has 1 aliphatic rings. The predicted molar refractivity (Wildman–Crippen MR) is 129 cm³/mol. The summed E-state index contributed by atoms with van der Waals surface area (Å²) in [7, 11) is 0. The summed E-state index contributed by atoms with van der Waals surface area (Å²) in [5.74, 6) is 0.430. The van der Waals surface area contributed by atoms with Crippen LogP contribution in [0, 0.1) is 0 Å². The minimum atomic E-state index is -0.337. The second kappa shape index (κ2) is 9.38. The molecule has 1 amide bonds. The van der Waals surface area contributed by atoms with E-state index in [-0.39, 0.29) is 36.3 Å². The molecule has 9 heteroatoms. The van der Waals surface area contributed by atoms with Crippen molar-refractivity contribution in [3.8, 4) is 5.75 Å². The number of amides is 1. The number of Topliss-reactive ketones (excluding diaryl/α,β-unsaturated/α-hetero) is 2. The summed E-state index contributed by atoms with van der Waals surface area (Å²) in [5.41, 5.74) is 5.49. The Hall–Kier alpha value is -4.53. The number of hydrogen-bond acceptors (Lipinski definition) is 7. The van der Waals surface area contributed by atoms with E-state index in [0.29, 0.717) is 35.3 Å². The number of carbonyl (C=O) groups is 3. The number of rotatable bonds is 7. The van der Waals surface area contributed by atoms with Crippen molar-refractivity contribution in [3.05, 3.63) is 82.9 Å². The van der Waals surface area contributed by atoms with Gasteiger partial charge in [-0.2, -0.15) is 0 Å². The van der Waals surface area contributed by atoms with E-state index in [1.54, 1.807) is 18.3 Å². The van der Waals surface area contributed by atoms with E-state index in [1.165, 1.54) is 13.3 Å². The Morgan fingerprint density at radius 2 is 1.86 bits per heavy atom. The molecular weight excluding hydrogens is 446 g/mol. The van der Waals surface area contributed by atoms with Gasteiger partial charge in [-0.1, -0.05) is 30.3 Å². The van der Waals surface area contributed by atoms with Gasteiger partial charge in [0.05, 0.1) is 11.2 Å². The molecule has 0 bridgehead atoms. The van der Waals surface area contributed by atoms with Crippen LogP contribution in [0.4, 0.5) is 5.69 Å². The Balaban J connectivity index is 1.27. The van der Waals surface area contributed by atoms with E-state index in [4.69, 9.17) is 4.74 Å². The summed E-state index contributed by atoms with van der Waals surface area (Å²) in [6.07, 6.45) is 3.45. The molecule has 176 valence electrons. The molecule has 0 spiro atoms. The number of aromatic nitrogens is 3. The lowest BCUT2D eigenvalue weighted by Gasteiger charge is -2.17. The van der Waals surface area contributed by atoms with Gasteiger partial charge in [-0.15, -0.1) is 0 Å². The molecule has 0 radical (unpaired) electrons. The van der Waals surface area contributed by atoms with E-state index in [2.05, 4.69) is 25.6 Å². The van der Waals surface area contributed by atoms with E-state index >= 15 is 0 Å². The first-order valence-electron chi connectivity index (χ1n) is 11.2. The first-order chi connectivity index (χ1) is 17.0. The van der Waals surface area contributed by atoms with Gasteiger partial charge in [0.25, 0.3) is 5.91 Å². The Labute approximate surface area is 200 Å². The standard InChI is InChI=1S/C26H23N5O4/c1-15(32)18-5-2-16(3-6-18)10-27-21-12-28-24-23(21)30-14-31-25(24)26(34)29-11-17-4-7-22-19(8-17)9-20(33)13-35-22/h2-8,12,14,27-28H,9-11,13H2,1H3,(H,29,34). The number of ketones is 2. The zero-order valence-corrected chi connectivity index (χ0v) is 19.1. The summed E-state index contributed by atoms with van der Waals surface area (Å²) in [4.78, 5) is 47.6. The number of carbonyl (C=O) groups excluding carboxylic acids is 3. The molecule has 3 N–H and O–H groups in total. The third-order valence-electron chi connectivity index (χ3n) is 5.88. The highest BCUT2D eigenvalue weighted by atomic mass is 16.5. The third kappa shape index (κ3) is 4.74. The SMILES string of the molecule is CC(=O)c1ccc(CNc2c[nH]c3c(C(=O)NCc4ccc5c(c4)CC(=O)CO5)ncnc23)cc1. The molecule has 0 aliphatic carbocycles. The minimum absolute atomic E-state index is 0.0272. The fourth-order valence-corrected chi connectivity index (χ4v) is 4.01. The van der Waals surface area contributed by atoms with Crippen LogP contribution in [0.2, 0.25) is 0 Å². The average molecular weight is 470 g/mol. The summed E-state index contributed by atoms with van der Waals surface area (Å²) in [5, 5.41) is 6.20. The molecule has 2 aromatic heterocycles. The van der Waals surface area contributed by atoms with Gasteiger partial charge in [-0.05, 0) is 30.2 Å². The number of hydrogen-bond donors (Lipinski definition) is 3. The number of ether oxygens (including phenoxy) is 1. The maximum atomic E-state index is 12.9. The van der Waals surface area contributed by atoms with E-state index in [0.717, 1.165) is 22.4 Å². The number of anilines is 1. The zero-order chi connectivity index (χ0) is 24.4. The molecule has 1 aliphatic heterocycles. The Kier molecular flexibility index (Phi) is 5.97. The van der Waals surface area contributed by atoms with Gasteiger partial charge in [0, 0.05) is 36.8 Å². The van der Waals surface area contributed by atoms with Crippen molar-refractivity contribution < 1.29 is 19.1 Å². The molecule has 2 aromatic carbocycles. The van der Waals surface area contributed by atoms with Crippen LogP contribution in [0.25, 0.3) is 11.0 Å². The molecule has 3 heterocycles. The quantitative estimate of drug-likeness (QED) is 0.355. The predicted octanol–water partition coefficient (Wildman–Crippen LogP) is 3.21. The number of aromatic amines is 1. The first kappa shape index (κ1) is 22.3. The first-order valence-corrected chi connectivity index (χ1v) is 11.2. The van der Waals surface area contributed by atoms with Crippen molar-refractivity contribution in [3.63, 3.8) is 0 Å². The van der Waals surface area contributed by atoms with Crippen molar-refractivity contribution in [2.24, 2.45) is 0 Å². The van der Waals surface area contributed by atoms with Crippen LogP contribution in [0.15, 0.2) is 55.0 Å². The van der Waals surface area contributed by atoms with Gasteiger partial charge in [0.1, 0.15) is 24.2 Å². The molecule has 9 nitrogen and oxygen atoms in total. The van der Waals surface area contributed by atoms with Gasteiger partial charge in [0.15, 0.2) is 17.3 Å². The maximum Gasteiger partial charge on any atom is 0.272 e. The monoisotopic (exact) mass is 469 g/mol. The topological polar surface area (TPSA) is 126 Å². The number of benzene rings is 2. The smallest absolute Gasteiger partial charge is 0.272 e. The molecular formula is C26H23N5O4. The lowest BCUT2D eigenvalue weighted by Crippen LogP contribution is -2.25. The number of nitrogens with zero attached hydrogens (tertiary/aromatic N) is 2. The minimum Gasteiger partial charge on any atom is -0.486 e. The Morgan fingerprint density at radius 3 is 2.66 bits per heavy atom. The highest BCUT2D eigenvalue weighted by Gasteiger charge is 2.19. The van der Waals surface area contributed by atoms with Crippen LogP contribution in [-0.2, 0) is 24.3 Å². The summed E-state index contributed by atoms with van der Waals surface area (Å²) < 4.78 is 5.42. The van der Waals surface area contributed by atoms with Crippen molar-refractivity contribution in [2.45, 2.75) is 26.4 Å². The van der Waals surface area contributed by atoms with Crippen LogP contribution < -0.4 is 15.4 Å². The fraction of sp³-hybridized carbons (Fsp3) is 0.192. The van der Waals surface area contributed by atoms with Crippen molar-refractivity contribution in [1.29, 1.82) is 0 Å². The van der Waals surface area contributed by atoms with Crippen LogP contribution in [0.1, 0.15) is 44.5 Å². The van der Waals surface area contributed by atoms with Gasteiger partial charge >= 0.3 is 0 Å². The largest absolute Gasteiger partial charge is 0.486 e. The molecule has 0 unspecified atom stereocenters. The normalized spacial score (nSPS) is 12.7. The molecule has 35 heavy (non-hydrogen) atoms. The van der Waals surface area contributed by atoms with Crippen LogP contribution >= 0.6 is 0 Å². The Bertz CT molecular complexity index is 1440. The van der Waals surface area contributed by atoms with E-state index in [9.17, 15) is 14.4 Å². The van der Waals surface area contributed by atoms with Crippen LogP contribution in [0.3, 0.4) is 0 Å². The van der Waals surface area contributed by atoms with Gasteiger partial charge in [-0.3, -0.25) is 14.4 Å². The zero-order valence-electron chi connectivity index (χ0n) is 19.1. The molecule has 4 aromatic rings. The van der Waals surface area contributed by atoms with Gasteiger partial charge < -0.3 is 20.4 Å². The fourth-order valence-electron chi connectivity index (χ4n) is 4.01. The number of fused-ring (bicyclic) bond motifs is 2. The molecule has 5 rings (SSSR count). The number of nitrogens with one attached hydrogen (secondary N) is 3. The van der Waals surface area contributed by atoms with Crippen LogP contribution in [-0.4, -0.2) is 39.0 Å². The second-order valence-corrected chi connectivity index (χ2v) is 8.38. The lowest BCUT2D eigenvalue weighted by molar-refractivity contribution is -0.121. The molecule has 0 saturated carbocycles. The summed E-state index contributed by atoms with van der Waals surface area (Å²) >= 11 is 0. The highest BCUT2D eigenvalue weighted by molar-refractivity contribution is 6.05. The maximum absolute atomic E-state index is 12.9. The summed E-state index contributed by atoms with van der Waals surface area (Å²) in [6.45, 7) is 2.46. The number of H-pyrrole nitrogens is 1. The van der Waals surface area contributed by atoms with Gasteiger partial charge in [-0.25, -0.2) is 9.97 Å². The Morgan fingerprint density at radius 1 is 1.06 bits per heavy atom. The highest BCUT2D eigenvalue weighted by Crippen LogP contribution is 2.25. The third-order valence-corrected chi connectivity index (χ3v) is 5.88. The molecule has 0 fully saturated rings.